The lowest BCUT2D eigenvalue weighted by molar-refractivity contribution is -0.124. The molecule has 168 valence electrons. The van der Waals surface area contributed by atoms with Crippen LogP contribution in [0.3, 0.4) is 0 Å². The summed E-state index contributed by atoms with van der Waals surface area (Å²) < 4.78 is 33.8. The summed E-state index contributed by atoms with van der Waals surface area (Å²) in [7, 11) is -3.86. The third kappa shape index (κ3) is 3.60. The van der Waals surface area contributed by atoms with Crippen LogP contribution in [0.5, 0.6) is 5.75 Å². The highest BCUT2D eigenvalue weighted by Crippen LogP contribution is 2.35. The molecule has 2 aliphatic rings. The lowest BCUT2D eigenvalue weighted by Crippen LogP contribution is -2.49. The molecular formula is C24H21N3O5S. The summed E-state index contributed by atoms with van der Waals surface area (Å²) in [5.41, 5.74) is 7.72. The Kier molecular flexibility index (Phi) is 5.05. The Morgan fingerprint density at radius 3 is 2.45 bits per heavy atom. The van der Waals surface area contributed by atoms with Gasteiger partial charge in [0.1, 0.15) is 5.75 Å². The van der Waals surface area contributed by atoms with Crippen molar-refractivity contribution in [2.24, 2.45) is 5.73 Å². The molecular weight excluding hydrogens is 442 g/mol. The minimum Gasteiger partial charge on any atom is -0.477 e. The van der Waals surface area contributed by atoms with Crippen LogP contribution in [-0.2, 0) is 21.2 Å². The second-order valence-corrected chi connectivity index (χ2v) is 9.74. The molecule has 0 fully saturated rings. The Bertz CT molecular complexity index is 1370. The summed E-state index contributed by atoms with van der Waals surface area (Å²) in [5, 5.41) is 0. The van der Waals surface area contributed by atoms with Crippen LogP contribution in [0.1, 0.15) is 15.9 Å². The van der Waals surface area contributed by atoms with Crippen molar-refractivity contribution in [3.8, 4) is 5.75 Å². The van der Waals surface area contributed by atoms with Gasteiger partial charge in [0.05, 0.1) is 22.8 Å². The van der Waals surface area contributed by atoms with Gasteiger partial charge in [0.2, 0.25) is 0 Å². The molecule has 0 radical (unpaired) electrons. The number of carbonyl (C=O) groups excluding carboxylic acids is 2. The molecule has 2 heterocycles. The molecule has 2 aliphatic heterocycles. The van der Waals surface area contributed by atoms with E-state index in [4.69, 9.17) is 10.5 Å². The number of nitrogens with zero attached hydrogens (tertiary/aromatic N) is 2. The van der Waals surface area contributed by atoms with Crippen LogP contribution in [0.15, 0.2) is 77.7 Å². The predicted molar refractivity (Wildman–Crippen MR) is 123 cm³/mol. The van der Waals surface area contributed by atoms with Crippen LogP contribution in [0.25, 0.3) is 0 Å². The molecule has 3 aromatic rings. The van der Waals surface area contributed by atoms with E-state index in [0.717, 1.165) is 5.56 Å². The van der Waals surface area contributed by atoms with Crippen LogP contribution >= 0.6 is 0 Å². The SMILES string of the molecule is NC(=O)[C@@H]1CN(C(=O)c2cccc(S(=O)(=O)N3CCc4ccccc43)c2)c2ccccc2O1. The van der Waals surface area contributed by atoms with Crippen molar-refractivity contribution < 1.29 is 22.7 Å². The predicted octanol–water partition coefficient (Wildman–Crippen LogP) is 2.33. The standard InChI is InChI=1S/C24H21N3O5S/c25-23(28)22-15-26(20-10-3-4-11-21(20)32-22)24(29)17-7-5-8-18(14-17)33(30,31)27-13-12-16-6-1-2-9-19(16)27/h1-11,14,22H,12-13,15H2,(H2,25,28)/t22-/m0/s1. The van der Waals surface area contributed by atoms with Crippen LogP contribution in [0.4, 0.5) is 11.4 Å². The van der Waals surface area contributed by atoms with Gasteiger partial charge in [-0.1, -0.05) is 36.4 Å². The summed E-state index contributed by atoms with van der Waals surface area (Å²) in [4.78, 5) is 26.6. The molecule has 0 saturated heterocycles. The number of sulfonamides is 1. The van der Waals surface area contributed by atoms with E-state index in [0.29, 0.717) is 30.1 Å². The van der Waals surface area contributed by atoms with Gasteiger partial charge in [0, 0.05) is 12.1 Å². The van der Waals surface area contributed by atoms with Gasteiger partial charge in [-0.2, -0.15) is 0 Å². The van der Waals surface area contributed by atoms with E-state index in [1.807, 2.05) is 12.1 Å². The van der Waals surface area contributed by atoms with Gasteiger partial charge in [-0.25, -0.2) is 8.42 Å². The van der Waals surface area contributed by atoms with Crippen LogP contribution < -0.4 is 19.7 Å². The number of hydrogen-bond donors (Lipinski definition) is 1. The molecule has 1 atom stereocenters. The molecule has 0 aromatic heterocycles. The van der Waals surface area contributed by atoms with Gasteiger partial charge < -0.3 is 15.4 Å². The fourth-order valence-corrected chi connectivity index (χ4v) is 5.75. The molecule has 3 aromatic carbocycles. The summed E-state index contributed by atoms with van der Waals surface area (Å²) >= 11 is 0. The van der Waals surface area contributed by atoms with Gasteiger partial charge in [0.25, 0.3) is 21.8 Å². The highest BCUT2D eigenvalue weighted by molar-refractivity contribution is 7.92. The number of ether oxygens (including phenoxy) is 1. The molecule has 2 N–H and O–H groups in total. The third-order valence-corrected chi connectivity index (χ3v) is 7.66. The van der Waals surface area contributed by atoms with E-state index < -0.39 is 27.9 Å². The molecule has 8 nitrogen and oxygen atoms in total. The number of primary amides is 1. The van der Waals surface area contributed by atoms with Crippen molar-refractivity contribution in [3.63, 3.8) is 0 Å². The van der Waals surface area contributed by atoms with Crippen LogP contribution in [0.2, 0.25) is 0 Å². The number of amides is 2. The fourth-order valence-electron chi connectivity index (χ4n) is 4.21. The Hall–Kier alpha value is -3.85. The number of hydrogen-bond acceptors (Lipinski definition) is 5. The lowest BCUT2D eigenvalue weighted by Gasteiger charge is -2.33. The summed E-state index contributed by atoms with van der Waals surface area (Å²) in [6.07, 6.45) is -0.371. The second-order valence-electron chi connectivity index (χ2n) is 7.88. The summed E-state index contributed by atoms with van der Waals surface area (Å²) in [6, 6.07) is 20.2. The summed E-state index contributed by atoms with van der Waals surface area (Å²) in [6.45, 7) is 0.276. The van der Waals surface area contributed by atoms with Crippen molar-refractivity contribution in [3.05, 3.63) is 83.9 Å². The van der Waals surface area contributed by atoms with Gasteiger partial charge in [0.15, 0.2) is 6.10 Å². The van der Waals surface area contributed by atoms with Crippen LogP contribution in [0, 0.1) is 0 Å². The number of nitrogens with two attached hydrogens (primary N) is 1. The van der Waals surface area contributed by atoms with E-state index in [2.05, 4.69) is 0 Å². The zero-order chi connectivity index (χ0) is 23.2. The van der Waals surface area contributed by atoms with E-state index in [-0.39, 0.29) is 17.0 Å². The number of para-hydroxylation sites is 3. The average Bonchev–Trinajstić information content (AvgIpc) is 3.28. The number of carbonyl (C=O) groups is 2. The smallest absolute Gasteiger partial charge is 0.264 e. The third-order valence-electron chi connectivity index (χ3n) is 5.85. The zero-order valence-electron chi connectivity index (χ0n) is 17.5. The second kappa shape index (κ2) is 7.93. The van der Waals surface area contributed by atoms with Crippen LogP contribution in [-0.4, -0.2) is 39.4 Å². The van der Waals surface area contributed by atoms with Gasteiger partial charge in [-0.05, 0) is 48.4 Å². The minimum absolute atomic E-state index is 0.0260. The monoisotopic (exact) mass is 463 g/mol. The van der Waals surface area contributed by atoms with Gasteiger partial charge >= 0.3 is 0 Å². The first-order valence-corrected chi connectivity index (χ1v) is 11.9. The van der Waals surface area contributed by atoms with E-state index in [9.17, 15) is 18.0 Å². The van der Waals surface area contributed by atoms with Crippen molar-refractivity contribution in [1.82, 2.24) is 0 Å². The summed E-state index contributed by atoms with van der Waals surface area (Å²) in [5.74, 6) is -0.777. The molecule has 33 heavy (non-hydrogen) atoms. The number of anilines is 2. The van der Waals surface area contributed by atoms with E-state index in [1.165, 1.54) is 21.3 Å². The van der Waals surface area contributed by atoms with E-state index in [1.54, 1.807) is 48.5 Å². The maximum atomic E-state index is 13.4. The molecule has 0 saturated carbocycles. The normalized spacial score (nSPS) is 17.2. The molecule has 9 heteroatoms. The molecule has 0 unspecified atom stereocenters. The molecule has 0 aliphatic carbocycles. The zero-order valence-corrected chi connectivity index (χ0v) is 18.4. The topological polar surface area (TPSA) is 110 Å². The van der Waals surface area contributed by atoms with Crippen molar-refractivity contribution in [2.45, 2.75) is 17.4 Å². The molecule has 0 spiro atoms. The van der Waals surface area contributed by atoms with Crippen molar-refractivity contribution >= 4 is 33.2 Å². The number of fused-ring (bicyclic) bond motifs is 2. The number of benzene rings is 3. The van der Waals surface area contributed by atoms with Crippen molar-refractivity contribution in [2.75, 3.05) is 22.3 Å². The average molecular weight is 464 g/mol. The number of rotatable bonds is 4. The van der Waals surface area contributed by atoms with Crippen molar-refractivity contribution in [1.29, 1.82) is 0 Å². The highest BCUT2D eigenvalue weighted by Gasteiger charge is 2.34. The maximum absolute atomic E-state index is 13.4. The molecule has 5 rings (SSSR count). The quantitative estimate of drug-likeness (QED) is 0.639. The first-order chi connectivity index (χ1) is 15.9. The van der Waals surface area contributed by atoms with E-state index >= 15 is 0 Å². The minimum atomic E-state index is -3.86. The lowest BCUT2D eigenvalue weighted by atomic mass is 10.1. The molecule has 2 amide bonds. The Morgan fingerprint density at radius 1 is 0.939 bits per heavy atom. The Morgan fingerprint density at radius 2 is 1.67 bits per heavy atom. The first kappa shape index (κ1) is 21.0. The van der Waals surface area contributed by atoms with Gasteiger partial charge in [-0.15, -0.1) is 0 Å². The first-order valence-electron chi connectivity index (χ1n) is 10.4. The maximum Gasteiger partial charge on any atom is 0.264 e. The Labute approximate surface area is 191 Å². The highest BCUT2D eigenvalue weighted by atomic mass is 32.2. The largest absolute Gasteiger partial charge is 0.477 e. The molecule has 0 bridgehead atoms. The fraction of sp³-hybridized carbons (Fsp3) is 0.167. The Balaban J connectivity index is 1.50. The van der Waals surface area contributed by atoms with Gasteiger partial charge in [-0.3, -0.25) is 13.9 Å².